The number of furan rings is 1. The maximum Gasteiger partial charge on any atom is 0.191 e. The van der Waals surface area contributed by atoms with Gasteiger partial charge in [0.2, 0.25) is 0 Å². The van der Waals surface area contributed by atoms with E-state index in [1.54, 1.807) is 6.07 Å². The summed E-state index contributed by atoms with van der Waals surface area (Å²) in [7, 11) is 0. The molecule has 1 unspecified atom stereocenters. The van der Waals surface area contributed by atoms with Crippen molar-refractivity contribution >= 4 is 5.78 Å². The highest BCUT2D eigenvalue weighted by molar-refractivity contribution is 6.02. The Morgan fingerprint density at radius 1 is 1.33 bits per heavy atom. The van der Waals surface area contributed by atoms with E-state index in [1.165, 1.54) is 12.5 Å². The van der Waals surface area contributed by atoms with Gasteiger partial charge in [0.1, 0.15) is 6.26 Å². The van der Waals surface area contributed by atoms with Crippen LogP contribution in [0.25, 0.3) is 0 Å². The molecule has 0 saturated carbocycles. The number of rotatable bonds is 3. The molecule has 21 heavy (non-hydrogen) atoms. The van der Waals surface area contributed by atoms with Gasteiger partial charge in [0, 0.05) is 6.42 Å². The molecule has 5 heteroatoms. The topological polar surface area (TPSA) is 68.9 Å². The number of hydrogen-bond acceptors (Lipinski definition) is 5. The highest BCUT2D eigenvalue weighted by Gasteiger charge is 2.51. The van der Waals surface area contributed by atoms with Crippen LogP contribution < -0.4 is 0 Å². The molecular formula is C16H20O5. The van der Waals surface area contributed by atoms with Gasteiger partial charge < -0.3 is 19.0 Å². The molecule has 5 nitrogen and oxygen atoms in total. The Morgan fingerprint density at radius 3 is 2.62 bits per heavy atom. The Balaban J connectivity index is 2.03. The zero-order valence-corrected chi connectivity index (χ0v) is 12.3. The summed E-state index contributed by atoms with van der Waals surface area (Å²) in [6.07, 6.45) is 4.12. The number of aliphatic hydroxyl groups is 1. The van der Waals surface area contributed by atoms with Gasteiger partial charge in [0.15, 0.2) is 11.6 Å². The standard InChI is InChI=1S/C16H20O5/c1-11-13(9-17)15(2,14(18)12-3-6-19-10-12)4-5-16(11)20-7-8-21-16/h3,6,10,17H,4-5,7-9H2,1-2H3. The Hall–Kier alpha value is -1.43. The van der Waals surface area contributed by atoms with Crippen molar-refractivity contribution in [3.8, 4) is 0 Å². The van der Waals surface area contributed by atoms with Crippen LogP contribution in [0.3, 0.4) is 0 Å². The molecule has 1 aliphatic carbocycles. The van der Waals surface area contributed by atoms with Gasteiger partial charge in [0.05, 0.1) is 37.1 Å². The largest absolute Gasteiger partial charge is 0.472 e. The molecule has 2 heterocycles. The molecule has 1 N–H and O–H groups in total. The number of carbonyl (C=O) groups excluding carboxylic acids is 1. The molecule has 1 aromatic heterocycles. The molecule has 114 valence electrons. The smallest absolute Gasteiger partial charge is 0.191 e. The van der Waals surface area contributed by atoms with Gasteiger partial charge in [-0.05, 0) is 37.5 Å². The Bertz CT molecular complexity index is 565. The average Bonchev–Trinajstić information content (AvgIpc) is 3.16. The summed E-state index contributed by atoms with van der Waals surface area (Å²) in [5, 5.41) is 9.84. The number of hydrogen-bond donors (Lipinski definition) is 1. The van der Waals surface area contributed by atoms with E-state index in [0.29, 0.717) is 37.2 Å². The highest BCUT2D eigenvalue weighted by Crippen LogP contribution is 2.49. The maximum absolute atomic E-state index is 12.8. The van der Waals surface area contributed by atoms with Crippen LogP contribution in [0, 0.1) is 5.41 Å². The maximum atomic E-state index is 12.8. The summed E-state index contributed by atoms with van der Waals surface area (Å²) in [4.78, 5) is 12.8. The first kappa shape index (κ1) is 14.5. The number of aliphatic hydroxyl groups excluding tert-OH is 1. The molecule has 1 spiro atoms. The van der Waals surface area contributed by atoms with Crippen LogP contribution in [0.1, 0.15) is 37.0 Å². The summed E-state index contributed by atoms with van der Waals surface area (Å²) in [5.74, 6) is -0.790. The van der Waals surface area contributed by atoms with Gasteiger partial charge in [-0.3, -0.25) is 4.79 Å². The summed E-state index contributed by atoms with van der Waals surface area (Å²) < 4.78 is 16.5. The van der Waals surface area contributed by atoms with Gasteiger partial charge in [-0.2, -0.15) is 0 Å². The van der Waals surface area contributed by atoms with E-state index in [-0.39, 0.29) is 12.4 Å². The molecular weight excluding hydrogens is 272 g/mol. The highest BCUT2D eigenvalue weighted by atomic mass is 16.7. The SMILES string of the molecule is CC1=C(CO)C(C)(C(=O)c2ccoc2)CCC12OCCO2. The zero-order valence-electron chi connectivity index (χ0n) is 12.3. The molecule has 1 saturated heterocycles. The van der Waals surface area contributed by atoms with Crippen molar-refractivity contribution in [1.29, 1.82) is 0 Å². The van der Waals surface area contributed by atoms with Crippen LogP contribution in [-0.4, -0.2) is 36.5 Å². The zero-order chi connectivity index (χ0) is 15.1. The van der Waals surface area contributed by atoms with Crippen molar-refractivity contribution in [3.63, 3.8) is 0 Å². The predicted molar refractivity (Wildman–Crippen MR) is 74.8 cm³/mol. The van der Waals surface area contributed by atoms with Gasteiger partial charge >= 0.3 is 0 Å². The van der Waals surface area contributed by atoms with Gasteiger partial charge in [-0.1, -0.05) is 0 Å². The lowest BCUT2D eigenvalue weighted by Crippen LogP contribution is -2.45. The fraction of sp³-hybridized carbons (Fsp3) is 0.562. The Kier molecular flexibility index (Phi) is 3.51. The summed E-state index contributed by atoms with van der Waals surface area (Å²) in [5.41, 5.74) is 1.30. The molecule has 1 aromatic rings. The number of ether oxygens (including phenoxy) is 2. The molecule has 0 amide bonds. The van der Waals surface area contributed by atoms with Crippen molar-refractivity contribution in [3.05, 3.63) is 35.3 Å². The van der Waals surface area contributed by atoms with Crippen LogP contribution in [0.15, 0.2) is 34.2 Å². The van der Waals surface area contributed by atoms with Gasteiger partial charge in [-0.15, -0.1) is 0 Å². The van der Waals surface area contributed by atoms with E-state index in [0.717, 1.165) is 5.57 Å². The van der Waals surface area contributed by atoms with Crippen molar-refractivity contribution in [2.45, 2.75) is 32.5 Å². The van der Waals surface area contributed by atoms with Crippen molar-refractivity contribution in [2.24, 2.45) is 5.41 Å². The fourth-order valence-corrected chi connectivity index (χ4v) is 3.47. The second kappa shape index (κ2) is 5.09. The molecule has 1 atom stereocenters. The second-order valence-corrected chi connectivity index (χ2v) is 5.88. The summed E-state index contributed by atoms with van der Waals surface area (Å²) >= 11 is 0. The Labute approximate surface area is 123 Å². The molecule has 3 rings (SSSR count). The monoisotopic (exact) mass is 292 g/mol. The number of ketones is 1. The van der Waals surface area contributed by atoms with Crippen LogP contribution in [0.2, 0.25) is 0 Å². The lowest BCUT2D eigenvalue weighted by molar-refractivity contribution is -0.141. The summed E-state index contributed by atoms with van der Waals surface area (Å²) in [6.45, 7) is 4.67. The Morgan fingerprint density at radius 2 is 2.05 bits per heavy atom. The molecule has 0 bridgehead atoms. The first-order chi connectivity index (χ1) is 10.0. The molecule has 1 aliphatic heterocycles. The van der Waals surface area contributed by atoms with E-state index in [1.807, 2.05) is 13.8 Å². The van der Waals surface area contributed by atoms with Crippen molar-refractivity contribution in [1.82, 2.24) is 0 Å². The lowest BCUT2D eigenvalue weighted by atomic mass is 9.66. The molecule has 2 aliphatic rings. The fourth-order valence-electron chi connectivity index (χ4n) is 3.47. The minimum atomic E-state index is -0.756. The van der Waals surface area contributed by atoms with E-state index < -0.39 is 11.2 Å². The minimum Gasteiger partial charge on any atom is -0.472 e. The van der Waals surface area contributed by atoms with Gasteiger partial charge in [0.25, 0.3) is 0 Å². The second-order valence-electron chi connectivity index (χ2n) is 5.88. The third-order valence-corrected chi connectivity index (χ3v) is 4.84. The lowest BCUT2D eigenvalue weighted by Gasteiger charge is -2.43. The average molecular weight is 292 g/mol. The number of Topliss-reactive ketones (excluding diaryl/α,β-unsaturated/α-hetero) is 1. The third kappa shape index (κ3) is 2.08. The quantitative estimate of drug-likeness (QED) is 0.684. The molecule has 0 radical (unpaired) electrons. The van der Waals surface area contributed by atoms with Crippen molar-refractivity contribution < 1.29 is 23.8 Å². The normalized spacial score (nSPS) is 28.3. The minimum absolute atomic E-state index is 0.0347. The first-order valence-corrected chi connectivity index (χ1v) is 7.20. The van der Waals surface area contributed by atoms with Crippen molar-refractivity contribution in [2.75, 3.05) is 19.8 Å². The van der Waals surface area contributed by atoms with E-state index in [9.17, 15) is 9.90 Å². The predicted octanol–water partition coefficient (Wildman–Crippen LogP) is 2.31. The third-order valence-electron chi connectivity index (χ3n) is 4.84. The van der Waals surface area contributed by atoms with Crippen LogP contribution in [0.5, 0.6) is 0 Å². The molecule has 1 fully saturated rings. The van der Waals surface area contributed by atoms with E-state index in [2.05, 4.69) is 0 Å². The summed E-state index contributed by atoms with van der Waals surface area (Å²) in [6, 6.07) is 1.66. The van der Waals surface area contributed by atoms with Crippen LogP contribution >= 0.6 is 0 Å². The van der Waals surface area contributed by atoms with Crippen LogP contribution in [-0.2, 0) is 9.47 Å². The van der Waals surface area contributed by atoms with Gasteiger partial charge in [-0.25, -0.2) is 0 Å². The van der Waals surface area contributed by atoms with Crippen LogP contribution in [0.4, 0.5) is 0 Å². The molecule has 0 aromatic carbocycles. The van der Waals surface area contributed by atoms with E-state index in [4.69, 9.17) is 13.9 Å². The first-order valence-electron chi connectivity index (χ1n) is 7.20. The van der Waals surface area contributed by atoms with E-state index >= 15 is 0 Å². The number of carbonyl (C=O) groups is 1.